The average Bonchev–Trinajstić information content (AvgIpc) is 1.98. The van der Waals surface area contributed by atoms with Gasteiger partial charge in [0.15, 0.2) is 0 Å². The van der Waals surface area contributed by atoms with Crippen molar-refractivity contribution in [2.45, 2.75) is 19.0 Å². The number of carbonyl (C=O) groups is 1. The van der Waals surface area contributed by atoms with Crippen molar-refractivity contribution in [3.05, 3.63) is 12.7 Å². The molecule has 0 saturated carbocycles. The van der Waals surface area contributed by atoms with Crippen LogP contribution in [0.3, 0.4) is 0 Å². The molecule has 0 amide bonds. The third kappa shape index (κ3) is 5.56. The van der Waals surface area contributed by atoms with Crippen LogP contribution in [0.4, 0.5) is 0 Å². The van der Waals surface area contributed by atoms with Gasteiger partial charge < -0.3 is 4.74 Å². The molecule has 0 N–H and O–H groups in total. The van der Waals surface area contributed by atoms with Gasteiger partial charge in [0.25, 0.3) is 0 Å². The lowest BCUT2D eigenvalue weighted by atomic mass is 10.5. The van der Waals surface area contributed by atoms with Crippen LogP contribution in [0.25, 0.3) is 0 Å². The van der Waals surface area contributed by atoms with Gasteiger partial charge in [0.2, 0.25) is 0 Å². The molecular formula is C7H14O2Si. The van der Waals surface area contributed by atoms with E-state index in [-0.39, 0.29) is 15.5 Å². The zero-order valence-electron chi connectivity index (χ0n) is 6.43. The fourth-order valence-electron chi connectivity index (χ4n) is 0.584. The molecule has 0 aliphatic heterocycles. The molecule has 3 heteroatoms. The monoisotopic (exact) mass is 158 g/mol. The summed E-state index contributed by atoms with van der Waals surface area (Å²) < 4.78 is 4.76. The summed E-state index contributed by atoms with van der Waals surface area (Å²) in [6.45, 7) is 6.10. The van der Waals surface area contributed by atoms with Crippen LogP contribution >= 0.6 is 0 Å². The van der Waals surface area contributed by atoms with Gasteiger partial charge in [-0.25, -0.2) is 4.79 Å². The molecule has 0 aromatic heterocycles. The molecule has 0 saturated heterocycles. The molecule has 58 valence electrons. The maximum Gasteiger partial charge on any atom is 0.330 e. The Labute approximate surface area is 64.1 Å². The lowest BCUT2D eigenvalue weighted by Crippen LogP contribution is -2.01. The van der Waals surface area contributed by atoms with Crippen LogP contribution in [0.5, 0.6) is 0 Å². The van der Waals surface area contributed by atoms with Crippen LogP contribution in [0.15, 0.2) is 12.7 Å². The first-order valence-corrected chi connectivity index (χ1v) is 6.02. The summed E-state index contributed by atoms with van der Waals surface area (Å²) >= 11 is 0. The van der Waals surface area contributed by atoms with Crippen molar-refractivity contribution >= 4 is 15.5 Å². The van der Waals surface area contributed by atoms with Crippen LogP contribution in [0, 0.1) is 0 Å². The minimum atomic E-state index is -0.308. The Hall–Kier alpha value is -0.573. The van der Waals surface area contributed by atoms with Crippen molar-refractivity contribution < 1.29 is 9.53 Å². The van der Waals surface area contributed by atoms with E-state index in [1.54, 1.807) is 0 Å². The minimum Gasteiger partial charge on any atom is -0.463 e. The molecule has 2 nitrogen and oxygen atoms in total. The highest BCUT2D eigenvalue weighted by Crippen LogP contribution is 1.90. The van der Waals surface area contributed by atoms with Crippen LogP contribution < -0.4 is 0 Å². The summed E-state index contributed by atoms with van der Waals surface area (Å²) in [5.41, 5.74) is 0. The first-order valence-electron chi connectivity index (χ1n) is 3.60. The van der Waals surface area contributed by atoms with Crippen molar-refractivity contribution in [2.75, 3.05) is 6.61 Å². The molecule has 0 aliphatic carbocycles. The van der Waals surface area contributed by atoms with Gasteiger partial charge in [0, 0.05) is 15.6 Å². The summed E-state index contributed by atoms with van der Waals surface area (Å²) in [4.78, 5) is 10.4. The SMILES string of the molecule is C=CC(=O)OCCC[SiH2]C. The predicted molar refractivity (Wildman–Crippen MR) is 45.0 cm³/mol. The van der Waals surface area contributed by atoms with E-state index in [4.69, 9.17) is 4.74 Å². The van der Waals surface area contributed by atoms with Gasteiger partial charge >= 0.3 is 5.97 Å². The number of hydrogen-bond donors (Lipinski definition) is 0. The van der Waals surface area contributed by atoms with E-state index < -0.39 is 0 Å². The first kappa shape index (κ1) is 9.43. The van der Waals surface area contributed by atoms with Crippen molar-refractivity contribution in [3.8, 4) is 0 Å². The van der Waals surface area contributed by atoms with Gasteiger partial charge in [-0.15, -0.1) is 0 Å². The van der Waals surface area contributed by atoms with E-state index in [2.05, 4.69) is 13.1 Å². The van der Waals surface area contributed by atoms with E-state index in [9.17, 15) is 4.79 Å². The fourth-order valence-corrected chi connectivity index (χ4v) is 1.29. The Morgan fingerprint density at radius 1 is 1.80 bits per heavy atom. The van der Waals surface area contributed by atoms with Gasteiger partial charge in [0.05, 0.1) is 6.61 Å². The topological polar surface area (TPSA) is 26.3 Å². The van der Waals surface area contributed by atoms with E-state index in [0.717, 1.165) is 6.42 Å². The zero-order valence-corrected chi connectivity index (χ0v) is 7.84. The standard InChI is InChI=1S/C7H14O2Si/c1-3-7(8)9-5-4-6-10-2/h3H,1,4-6,10H2,2H3. The summed E-state index contributed by atoms with van der Waals surface area (Å²) in [7, 11) is 0.146. The van der Waals surface area contributed by atoms with E-state index in [1.807, 2.05) is 0 Å². The molecule has 0 radical (unpaired) electrons. The largest absolute Gasteiger partial charge is 0.463 e. The van der Waals surface area contributed by atoms with Gasteiger partial charge in [0.1, 0.15) is 0 Å². The second-order valence-electron chi connectivity index (χ2n) is 2.08. The van der Waals surface area contributed by atoms with Crippen molar-refractivity contribution in [1.82, 2.24) is 0 Å². The third-order valence-corrected chi connectivity index (χ3v) is 2.37. The highest BCUT2D eigenvalue weighted by Gasteiger charge is 1.92. The summed E-state index contributed by atoms with van der Waals surface area (Å²) in [6.07, 6.45) is 2.21. The van der Waals surface area contributed by atoms with Crippen LogP contribution in [0.1, 0.15) is 6.42 Å². The lowest BCUT2D eigenvalue weighted by Gasteiger charge is -1.98. The molecule has 0 aliphatic rings. The number of esters is 1. The smallest absolute Gasteiger partial charge is 0.330 e. The van der Waals surface area contributed by atoms with E-state index in [1.165, 1.54) is 12.1 Å². The highest BCUT2D eigenvalue weighted by atomic mass is 28.2. The molecular weight excluding hydrogens is 144 g/mol. The van der Waals surface area contributed by atoms with Crippen molar-refractivity contribution in [2.24, 2.45) is 0 Å². The highest BCUT2D eigenvalue weighted by molar-refractivity contribution is 6.33. The molecule has 0 aromatic carbocycles. The molecule has 0 heterocycles. The van der Waals surface area contributed by atoms with Crippen LogP contribution in [0.2, 0.25) is 12.6 Å². The third-order valence-electron chi connectivity index (χ3n) is 1.16. The molecule has 0 unspecified atom stereocenters. The Morgan fingerprint density at radius 2 is 2.50 bits per heavy atom. The van der Waals surface area contributed by atoms with Crippen molar-refractivity contribution in [3.63, 3.8) is 0 Å². The Morgan fingerprint density at radius 3 is 3.00 bits per heavy atom. The summed E-state index contributed by atoms with van der Waals surface area (Å²) in [5.74, 6) is -0.308. The Bertz CT molecular complexity index is 112. The molecule has 0 rings (SSSR count). The fraction of sp³-hybridized carbons (Fsp3) is 0.571. The van der Waals surface area contributed by atoms with Crippen LogP contribution in [-0.2, 0) is 9.53 Å². The lowest BCUT2D eigenvalue weighted by molar-refractivity contribution is -0.137. The molecule has 0 atom stereocenters. The normalized spacial score (nSPS) is 10.1. The maximum absolute atomic E-state index is 10.4. The first-order chi connectivity index (χ1) is 4.81. The van der Waals surface area contributed by atoms with Gasteiger partial charge in [-0.2, -0.15) is 0 Å². The van der Waals surface area contributed by atoms with Crippen LogP contribution in [-0.4, -0.2) is 22.1 Å². The molecule has 0 spiro atoms. The Kier molecular flexibility index (Phi) is 6.17. The maximum atomic E-state index is 10.4. The van der Waals surface area contributed by atoms with Gasteiger partial charge in [-0.3, -0.25) is 0 Å². The summed E-state index contributed by atoms with van der Waals surface area (Å²) in [5, 5.41) is 0. The van der Waals surface area contributed by atoms with E-state index >= 15 is 0 Å². The molecule has 10 heavy (non-hydrogen) atoms. The summed E-state index contributed by atoms with van der Waals surface area (Å²) in [6, 6.07) is 1.25. The number of ether oxygens (including phenoxy) is 1. The number of rotatable bonds is 5. The number of carbonyl (C=O) groups excluding carboxylic acids is 1. The molecule has 0 bridgehead atoms. The van der Waals surface area contributed by atoms with E-state index in [0.29, 0.717) is 6.61 Å². The quantitative estimate of drug-likeness (QED) is 0.255. The number of hydrogen-bond acceptors (Lipinski definition) is 2. The predicted octanol–water partition coefficient (Wildman–Crippen LogP) is 0.741. The van der Waals surface area contributed by atoms with Crippen molar-refractivity contribution in [1.29, 1.82) is 0 Å². The average molecular weight is 158 g/mol. The zero-order chi connectivity index (χ0) is 7.82. The van der Waals surface area contributed by atoms with Gasteiger partial charge in [-0.1, -0.05) is 19.2 Å². The minimum absolute atomic E-state index is 0.146. The molecule has 0 fully saturated rings. The molecule has 0 aromatic rings. The second kappa shape index (κ2) is 6.55. The van der Waals surface area contributed by atoms with Gasteiger partial charge in [-0.05, 0) is 6.42 Å². The Balaban J connectivity index is 3.03. The second-order valence-corrected chi connectivity index (χ2v) is 3.79.